The van der Waals surface area contributed by atoms with Gasteiger partial charge in [0.25, 0.3) is 0 Å². The number of nitrogens with one attached hydrogen (secondary N) is 1. The maximum Gasteiger partial charge on any atom is 0.149 e. The minimum absolute atomic E-state index is 0.0330. The van der Waals surface area contributed by atoms with E-state index in [1.165, 1.54) is 32.1 Å². The molecule has 14 heavy (non-hydrogen) atoms. The van der Waals surface area contributed by atoms with E-state index in [1.54, 1.807) is 0 Å². The predicted octanol–water partition coefficient (Wildman–Crippen LogP) is 2.91. The Morgan fingerprint density at radius 3 is 2.29 bits per heavy atom. The van der Waals surface area contributed by atoms with Crippen molar-refractivity contribution in [3.05, 3.63) is 0 Å². The van der Waals surface area contributed by atoms with E-state index >= 15 is 0 Å². The topological polar surface area (TPSA) is 29.1 Å². The molecule has 0 aromatic heterocycles. The fourth-order valence-corrected chi connectivity index (χ4v) is 1.46. The minimum atomic E-state index is 0.0330. The highest BCUT2D eigenvalue weighted by atomic mass is 16.1. The molecule has 1 N–H and O–H groups in total. The summed E-state index contributed by atoms with van der Waals surface area (Å²) in [6, 6.07) is 0.0330. The smallest absolute Gasteiger partial charge is 0.149 e. The number of hydrogen-bond acceptors (Lipinski definition) is 2. The molecule has 0 radical (unpaired) electrons. The van der Waals surface area contributed by atoms with Crippen molar-refractivity contribution in [2.45, 2.75) is 64.8 Å². The van der Waals surface area contributed by atoms with Gasteiger partial charge in [0.15, 0.2) is 0 Å². The Morgan fingerprint density at radius 2 is 1.71 bits per heavy atom. The third-order valence-electron chi connectivity index (χ3n) is 2.69. The molecule has 0 aliphatic rings. The number of likely N-dealkylation sites (N-methyl/N-ethyl adjacent to an activating group) is 1. The fourth-order valence-electron chi connectivity index (χ4n) is 1.46. The van der Waals surface area contributed by atoms with Gasteiger partial charge in [0.1, 0.15) is 5.78 Å². The van der Waals surface area contributed by atoms with Crippen molar-refractivity contribution in [2.24, 2.45) is 0 Å². The minimum Gasteiger partial charge on any atom is -0.311 e. The maximum absolute atomic E-state index is 11.4. The molecular formula is C12H25NO. The van der Waals surface area contributed by atoms with Gasteiger partial charge in [-0.1, -0.05) is 39.0 Å². The number of Topliss-reactive ketones (excluding diaryl/α,β-unsaturated/α-hetero) is 1. The van der Waals surface area contributed by atoms with Crippen molar-refractivity contribution in [2.75, 3.05) is 7.05 Å². The molecule has 0 aliphatic carbocycles. The number of carbonyl (C=O) groups excluding carboxylic acids is 1. The van der Waals surface area contributed by atoms with Crippen LogP contribution in [0.15, 0.2) is 0 Å². The Labute approximate surface area is 88.5 Å². The SMILES string of the molecule is CCCCCCCCC(=O)C(C)NC. The number of carbonyl (C=O) groups is 1. The Balaban J connectivity index is 3.23. The highest BCUT2D eigenvalue weighted by Gasteiger charge is 2.08. The van der Waals surface area contributed by atoms with Crippen LogP contribution in [-0.4, -0.2) is 18.9 Å². The molecule has 0 saturated carbocycles. The van der Waals surface area contributed by atoms with Gasteiger partial charge in [-0.25, -0.2) is 0 Å². The zero-order valence-electron chi connectivity index (χ0n) is 9.94. The molecule has 0 fully saturated rings. The average Bonchev–Trinajstić information content (AvgIpc) is 2.21. The maximum atomic E-state index is 11.4. The van der Waals surface area contributed by atoms with Gasteiger partial charge in [0, 0.05) is 6.42 Å². The lowest BCUT2D eigenvalue weighted by molar-refractivity contribution is -0.120. The van der Waals surface area contributed by atoms with Gasteiger partial charge in [0.2, 0.25) is 0 Å². The van der Waals surface area contributed by atoms with Crippen molar-refractivity contribution in [3.8, 4) is 0 Å². The van der Waals surface area contributed by atoms with Gasteiger partial charge in [-0.3, -0.25) is 4.79 Å². The Hall–Kier alpha value is -0.370. The molecule has 0 spiro atoms. The molecule has 0 saturated heterocycles. The van der Waals surface area contributed by atoms with Crippen LogP contribution in [-0.2, 0) is 4.79 Å². The second-order valence-corrected chi connectivity index (χ2v) is 3.99. The number of rotatable bonds is 9. The normalized spacial score (nSPS) is 12.8. The first-order valence-electron chi connectivity index (χ1n) is 5.92. The monoisotopic (exact) mass is 199 g/mol. The van der Waals surface area contributed by atoms with E-state index in [-0.39, 0.29) is 6.04 Å². The van der Waals surface area contributed by atoms with Crippen LogP contribution >= 0.6 is 0 Å². The van der Waals surface area contributed by atoms with E-state index in [0.29, 0.717) is 5.78 Å². The summed E-state index contributed by atoms with van der Waals surface area (Å²) in [5, 5.41) is 2.98. The van der Waals surface area contributed by atoms with Crippen LogP contribution in [0.1, 0.15) is 58.8 Å². The van der Waals surface area contributed by atoms with Crippen molar-refractivity contribution >= 4 is 5.78 Å². The lowest BCUT2D eigenvalue weighted by atomic mass is 10.1. The standard InChI is InChI=1S/C12H25NO/c1-4-5-6-7-8-9-10-12(14)11(2)13-3/h11,13H,4-10H2,1-3H3. The van der Waals surface area contributed by atoms with Crippen molar-refractivity contribution < 1.29 is 4.79 Å². The Kier molecular flexibility index (Phi) is 8.95. The number of hydrogen-bond donors (Lipinski definition) is 1. The van der Waals surface area contributed by atoms with Gasteiger partial charge >= 0.3 is 0 Å². The molecule has 0 bridgehead atoms. The quantitative estimate of drug-likeness (QED) is 0.578. The van der Waals surface area contributed by atoms with Crippen LogP contribution in [0.2, 0.25) is 0 Å². The van der Waals surface area contributed by atoms with Gasteiger partial charge in [0.05, 0.1) is 6.04 Å². The van der Waals surface area contributed by atoms with Gasteiger partial charge < -0.3 is 5.32 Å². The highest BCUT2D eigenvalue weighted by molar-refractivity contribution is 5.83. The summed E-state index contributed by atoms with van der Waals surface area (Å²) < 4.78 is 0. The molecule has 0 amide bonds. The van der Waals surface area contributed by atoms with Crippen LogP contribution in [0, 0.1) is 0 Å². The molecule has 0 aliphatic heterocycles. The van der Waals surface area contributed by atoms with Crippen LogP contribution in [0.4, 0.5) is 0 Å². The first kappa shape index (κ1) is 13.6. The number of unbranched alkanes of at least 4 members (excludes halogenated alkanes) is 5. The Bertz CT molecular complexity index is 145. The molecule has 0 heterocycles. The zero-order valence-corrected chi connectivity index (χ0v) is 9.94. The molecule has 0 aromatic carbocycles. The van der Waals surface area contributed by atoms with Crippen molar-refractivity contribution in [1.82, 2.24) is 5.32 Å². The van der Waals surface area contributed by atoms with E-state index in [0.717, 1.165) is 12.8 Å². The molecule has 84 valence electrons. The van der Waals surface area contributed by atoms with Crippen molar-refractivity contribution in [1.29, 1.82) is 0 Å². The van der Waals surface area contributed by atoms with Crippen LogP contribution in [0.3, 0.4) is 0 Å². The number of ketones is 1. The second-order valence-electron chi connectivity index (χ2n) is 3.99. The third-order valence-corrected chi connectivity index (χ3v) is 2.69. The van der Waals surface area contributed by atoms with Gasteiger partial charge in [-0.05, 0) is 20.4 Å². The summed E-state index contributed by atoms with van der Waals surface area (Å²) in [4.78, 5) is 11.4. The zero-order chi connectivity index (χ0) is 10.8. The summed E-state index contributed by atoms with van der Waals surface area (Å²) in [5.41, 5.74) is 0. The summed E-state index contributed by atoms with van der Waals surface area (Å²) in [7, 11) is 1.84. The van der Waals surface area contributed by atoms with E-state index in [1.807, 2.05) is 14.0 Å². The molecule has 0 rings (SSSR count). The summed E-state index contributed by atoms with van der Waals surface area (Å²) in [6.07, 6.45) is 8.25. The largest absolute Gasteiger partial charge is 0.311 e. The first-order valence-corrected chi connectivity index (χ1v) is 5.92. The van der Waals surface area contributed by atoms with E-state index in [4.69, 9.17) is 0 Å². The van der Waals surface area contributed by atoms with Crippen LogP contribution < -0.4 is 5.32 Å². The molecule has 2 heteroatoms. The Morgan fingerprint density at radius 1 is 1.14 bits per heavy atom. The van der Waals surface area contributed by atoms with Gasteiger partial charge in [-0.15, -0.1) is 0 Å². The van der Waals surface area contributed by atoms with E-state index in [9.17, 15) is 4.79 Å². The summed E-state index contributed by atoms with van der Waals surface area (Å²) in [6.45, 7) is 4.15. The lowest BCUT2D eigenvalue weighted by Gasteiger charge is -2.08. The summed E-state index contributed by atoms with van der Waals surface area (Å²) in [5.74, 6) is 0.350. The summed E-state index contributed by atoms with van der Waals surface area (Å²) >= 11 is 0. The van der Waals surface area contributed by atoms with Gasteiger partial charge in [-0.2, -0.15) is 0 Å². The van der Waals surface area contributed by atoms with E-state index in [2.05, 4.69) is 12.2 Å². The first-order chi connectivity index (χ1) is 6.72. The lowest BCUT2D eigenvalue weighted by Crippen LogP contribution is -2.30. The third kappa shape index (κ3) is 7.07. The van der Waals surface area contributed by atoms with Crippen molar-refractivity contribution in [3.63, 3.8) is 0 Å². The fraction of sp³-hybridized carbons (Fsp3) is 0.917. The average molecular weight is 199 g/mol. The highest BCUT2D eigenvalue weighted by Crippen LogP contribution is 2.07. The van der Waals surface area contributed by atoms with Crippen LogP contribution in [0.5, 0.6) is 0 Å². The molecule has 2 nitrogen and oxygen atoms in total. The second kappa shape index (κ2) is 9.20. The molecular weight excluding hydrogens is 174 g/mol. The van der Waals surface area contributed by atoms with E-state index < -0.39 is 0 Å². The van der Waals surface area contributed by atoms with Crippen LogP contribution in [0.25, 0.3) is 0 Å². The molecule has 1 unspecified atom stereocenters. The predicted molar refractivity (Wildman–Crippen MR) is 61.5 cm³/mol. The molecule has 0 aromatic rings. The molecule has 1 atom stereocenters.